The zero-order chi connectivity index (χ0) is 23.3. The standard InChI is InChI=1S/C19H23N7O6/c20-19-25-15-14(17(30)26-19)23-11(8-22-15)7-21-10-3-1-9(2-4-10)16(29)24-12(18(31)32)5-6-13(27)28/h1-4,8,12-13,18,21,27-28,31-32H,5-7H2,(H,24,29)(H3,20,22,25,26,30)/t12-/m0/s1. The van der Waals surface area contributed by atoms with Gasteiger partial charge in [-0.25, -0.2) is 9.97 Å². The number of aromatic nitrogens is 4. The third kappa shape index (κ3) is 5.95. The van der Waals surface area contributed by atoms with Gasteiger partial charge in [-0.1, -0.05) is 0 Å². The molecule has 9 N–H and O–H groups in total. The summed E-state index contributed by atoms with van der Waals surface area (Å²) in [5.41, 5.74) is 6.62. The molecule has 0 radical (unpaired) electrons. The minimum atomic E-state index is -1.85. The number of hydrogen-bond acceptors (Lipinski definition) is 11. The predicted octanol–water partition coefficient (Wildman–Crippen LogP) is -1.59. The number of benzene rings is 1. The van der Waals surface area contributed by atoms with Gasteiger partial charge in [0.2, 0.25) is 5.95 Å². The maximum atomic E-state index is 12.3. The molecule has 0 bridgehead atoms. The topological polar surface area (TPSA) is 220 Å². The van der Waals surface area contributed by atoms with Crippen molar-refractivity contribution in [3.8, 4) is 0 Å². The maximum absolute atomic E-state index is 12.3. The summed E-state index contributed by atoms with van der Waals surface area (Å²) in [6.07, 6.45) is -2.15. The molecule has 13 nitrogen and oxygen atoms in total. The highest BCUT2D eigenvalue weighted by atomic mass is 16.5. The lowest BCUT2D eigenvalue weighted by atomic mass is 10.1. The number of carbonyl (C=O) groups is 1. The molecule has 32 heavy (non-hydrogen) atoms. The second-order valence-electron chi connectivity index (χ2n) is 6.97. The van der Waals surface area contributed by atoms with E-state index in [1.165, 1.54) is 18.3 Å². The van der Waals surface area contributed by atoms with Gasteiger partial charge in [0.05, 0.1) is 24.5 Å². The molecule has 0 saturated heterocycles. The fraction of sp³-hybridized carbons (Fsp3) is 0.316. The van der Waals surface area contributed by atoms with E-state index in [9.17, 15) is 19.8 Å². The van der Waals surface area contributed by atoms with Gasteiger partial charge in [-0.3, -0.25) is 14.6 Å². The monoisotopic (exact) mass is 445 g/mol. The molecule has 0 saturated carbocycles. The molecule has 0 aliphatic carbocycles. The Balaban J connectivity index is 1.61. The van der Waals surface area contributed by atoms with Crippen LogP contribution in [0.25, 0.3) is 11.2 Å². The number of nitrogens with one attached hydrogen (secondary N) is 3. The highest BCUT2D eigenvalue weighted by Gasteiger charge is 2.20. The molecule has 1 atom stereocenters. The lowest BCUT2D eigenvalue weighted by Gasteiger charge is -2.21. The van der Waals surface area contributed by atoms with Crippen molar-refractivity contribution in [3.05, 3.63) is 52.1 Å². The van der Waals surface area contributed by atoms with E-state index in [1.807, 2.05) is 0 Å². The van der Waals surface area contributed by atoms with Gasteiger partial charge in [-0.15, -0.1) is 0 Å². The van der Waals surface area contributed by atoms with Crippen LogP contribution in [-0.2, 0) is 6.54 Å². The van der Waals surface area contributed by atoms with Crippen molar-refractivity contribution < 1.29 is 25.2 Å². The van der Waals surface area contributed by atoms with E-state index >= 15 is 0 Å². The SMILES string of the molecule is Nc1nc2ncc(CNc3ccc(C(=O)N[C@@H](CCC(O)O)C(O)O)cc3)nc2c(=O)[nH]1. The minimum Gasteiger partial charge on any atom is -0.379 e. The summed E-state index contributed by atoms with van der Waals surface area (Å²) in [6.45, 7) is 0.251. The summed E-state index contributed by atoms with van der Waals surface area (Å²) >= 11 is 0. The molecular weight excluding hydrogens is 422 g/mol. The van der Waals surface area contributed by atoms with Crippen LogP contribution in [0.1, 0.15) is 28.9 Å². The van der Waals surface area contributed by atoms with E-state index in [0.29, 0.717) is 11.4 Å². The smallest absolute Gasteiger partial charge is 0.280 e. The number of nitrogen functional groups attached to an aromatic ring is 1. The normalized spacial score (nSPS) is 12.3. The van der Waals surface area contributed by atoms with Crippen molar-refractivity contribution >= 4 is 28.7 Å². The van der Waals surface area contributed by atoms with Gasteiger partial charge in [0, 0.05) is 17.7 Å². The highest BCUT2D eigenvalue weighted by molar-refractivity contribution is 5.94. The molecular formula is C19H23N7O6. The first-order valence-corrected chi connectivity index (χ1v) is 9.61. The average Bonchev–Trinajstić information content (AvgIpc) is 2.75. The Morgan fingerprint density at radius 2 is 1.81 bits per heavy atom. The van der Waals surface area contributed by atoms with Crippen LogP contribution in [0.3, 0.4) is 0 Å². The summed E-state index contributed by atoms with van der Waals surface area (Å²) in [7, 11) is 0. The van der Waals surface area contributed by atoms with Gasteiger partial charge >= 0.3 is 0 Å². The summed E-state index contributed by atoms with van der Waals surface area (Å²) < 4.78 is 0. The summed E-state index contributed by atoms with van der Waals surface area (Å²) in [6, 6.07) is 5.29. The average molecular weight is 445 g/mol. The summed E-state index contributed by atoms with van der Waals surface area (Å²) in [5.74, 6) is -0.592. The van der Waals surface area contributed by atoms with Crippen molar-refractivity contribution in [2.24, 2.45) is 0 Å². The van der Waals surface area contributed by atoms with E-state index in [-0.39, 0.29) is 42.1 Å². The fourth-order valence-corrected chi connectivity index (χ4v) is 2.86. The zero-order valence-electron chi connectivity index (χ0n) is 16.8. The highest BCUT2D eigenvalue weighted by Crippen LogP contribution is 2.13. The Kier molecular flexibility index (Phi) is 7.27. The van der Waals surface area contributed by atoms with Crippen LogP contribution in [0.4, 0.5) is 11.6 Å². The van der Waals surface area contributed by atoms with Crippen LogP contribution in [0.5, 0.6) is 0 Å². The Morgan fingerprint density at radius 3 is 2.47 bits per heavy atom. The molecule has 0 spiro atoms. The molecule has 3 aromatic rings. The molecule has 0 aliphatic heterocycles. The molecule has 3 rings (SSSR count). The number of nitrogens with two attached hydrogens (primary N) is 1. The molecule has 2 heterocycles. The molecule has 170 valence electrons. The molecule has 0 fully saturated rings. The van der Waals surface area contributed by atoms with Crippen LogP contribution < -0.4 is 21.9 Å². The molecule has 1 amide bonds. The van der Waals surface area contributed by atoms with Crippen LogP contribution in [-0.4, -0.2) is 64.9 Å². The van der Waals surface area contributed by atoms with E-state index in [2.05, 4.69) is 30.6 Å². The number of rotatable bonds is 9. The largest absolute Gasteiger partial charge is 0.379 e. The number of carbonyl (C=O) groups excluding carboxylic acids is 1. The number of anilines is 2. The number of aromatic amines is 1. The van der Waals surface area contributed by atoms with E-state index in [0.717, 1.165) is 0 Å². The minimum absolute atomic E-state index is 0.0293. The molecule has 0 unspecified atom stereocenters. The summed E-state index contributed by atoms with van der Waals surface area (Å²) in [5, 5.41) is 42.1. The lowest BCUT2D eigenvalue weighted by Crippen LogP contribution is -2.43. The van der Waals surface area contributed by atoms with Crippen molar-refractivity contribution in [3.63, 3.8) is 0 Å². The Labute approximate surface area is 181 Å². The second-order valence-corrected chi connectivity index (χ2v) is 6.97. The third-order valence-electron chi connectivity index (χ3n) is 4.52. The van der Waals surface area contributed by atoms with Gasteiger partial charge < -0.3 is 36.8 Å². The van der Waals surface area contributed by atoms with E-state index in [4.69, 9.17) is 15.9 Å². The number of amides is 1. The number of aliphatic hydroxyl groups is 4. The van der Waals surface area contributed by atoms with Gasteiger partial charge in [0.25, 0.3) is 11.5 Å². The number of fused-ring (bicyclic) bond motifs is 1. The van der Waals surface area contributed by atoms with Crippen molar-refractivity contribution in [1.82, 2.24) is 25.3 Å². The molecule has 2 aromatic heterocycles. The van der Waals surface area contributed by atoms with Gasteiger partial charge in [-0.2, -0.15) is 4.98 Å². The number of aliphatic hydroxyl groups excluding tert-OH is 2. The van der Waals surface area contributed by atoms with Crippen LogP contribution >= 0.6 is 0 Å². The van der Waals surface area contributed by atoms with Crippen LogP contribution in [0, 0.1) is 0 Å². The van der Waals surface area contributed by atoms with Crippen molar-refractivity contribution in [1.29, 1.82) is 0 Å². The van der Waals surface area contributed by atoms with Crippen molar-refractivity contribution in [2.45, 2.75) is 38.0 Å². The van der Waals surface area contributed by atoms with E-state index < -0.39 is 30.1 Å². The number of H-pyrrole nitrogens is 1. The quantitative estimate of drug-likeness (QED) is 0.175. The second kappa shape index (κ2) is 10.1. The molecule has 0 aliphatic rings. The maximum Gasteiger partial charge on any atom is 0.280 e. The molecule has 1 aromatic carbocycles. The fourth-order valence-electron chi connectivity index (χ4n) is 2.86. The first-order valence-electron chi connectivity index (χ1n) is 9.61. The van der Waals surface area contributed by atoms with Crippen LogP contribution in [0.2, 0.25) is 0 Å². The lowest BCUT2D eigenvalue weighted by molar-refractivity contribution is -0.0817. The van der Waals surface area contributed by atoms with E-state index in [1.54, 1.807) is 12.1 Å². The first-order chi connectivity index (χ1) is 15.2. The van der Waals surface area contributed by atoms with Gasteiger partial charge in [-0.05, 0) is 30.7 Å². The predicted molar refractivity (Wildman–Crippen MR) is 113 cm³/mol. The van der Waals surface area contributed by atoms with Gasteiger partial charge in [0.15, 0.2) is 23.7 Å². The summed E-state index contributed by atoms with van der Waals surface area (Å²) in [4.78, 5) is 38.8. The zero-order valence-corrected chi connectivity index (χ0v) is 16.8. The Bertz CT molecular complexity index is 1130. The Hall–Kier alpha value is -3.65. The third-order valence-corrected chi connectivity index (χ3v) is 4.52. The Morgan fingerprint density at radius 1 is 1.09 bits per heavy atom. The number of nitrogens with zero attached hydrogens (tertiary/aromatic N) is 3. The first kappa shape index (κ1) is 23.0. The van der Waals surface area contributed by atoms with Crippen LogP contribution in [0.15, 0.2) is 35.3 Å². The molecule has 13 heteroatoms. The number of hydrogen-bond donors (Lipinski definition) is 8. The van der Waals surface area contributed by atoms with Gasteiger partial charge in [0.1, 0.15) is 0 Å². The van der Waals surface area contributed by atoms with Crippen molar-refractivity contribution in [2.75, 3.05) is 11.1 Å².